The first kappa shape index (κ1) is 19.7. The fraction of sp³-hybridized carbons (Fsp3) is 0.895. The summed E-state index contributed by atoms with van der Waals surface area (Å²) in [6.45, 7) is 15.5. The molecule has 0 amide bonds. The summed E-state index contributed by atoms with van der Waals surface area (Å²) < 4.78 is 0. The van der Waals surface area contributed by atoms with Gasteiger partial charge < -0.3 is 5.73 Å². The minimum absolute atomic E-state index is 0.348. The van der Waals surface area contributed by atoms with Gasteiger partial charge in [-0.25, -0.2) is 0 Å². The molecule has 0 aliphatic rings. The van der Waals surface area contributed by atoms with Crippen molar-refractivity contribution >= 4 is 0 Å². The summed E-state index contributed by atoms with van der Waals surface area (Å²) in [4.78, 5) is 0. The second-order valence-corrected chi connectivity index (χ2v) is 7.01. The van der Waals surface area contributed by atoms with Gasteiger partial charge in [0.1, 0.15) is 0 Å². The second-order valence-electron chi connectivity index (χ2n) is 7.01. The van der Waals surface area contributed by atoms with E-state index >= 15 is 0 Å². The Bertz CT molecular complexity index is 244. The SMILES string of the molecule is C=C(C)CC(C(N)CCCCCCC)C(CC)C(C)C. The van der Waals surface area contributed by atoms with Crippen molar-refractivity contribution in [3.8, 4) is 0 Å². The van der Waals surface area contributed by atoms with Crippen molar-refractivity contribution in [2.75, 3.05) is 0 Å². The molecule has 2 N–H and O–H groups in total. The molecule has 0 saturated carbocycles. The number of rotatable bonds is 12. The van der Waals surface area contributed by atoms with Crippen LogP contribution in [0.5, 0.6) is 0 Å². The number of allylic oxidation sites excluding steroid dienone is 1. The molecule has 0 aromatic heterocycles. The summed E-state index contributed by atoms with van der Waals surface area (Å²) in [6.07, 6.45) is 10.2. The van der Waals surface area contributed by atoms with Gasteiger partial charge in [-0.05, 0) is 37.5 Å². The van der Waals surface area contributed by atoms with Gasteiger partial charge in [-0.1, -0.05) is 71.8 Å². The van der Waals surface area contributed by atoms with Crippen LogP contribution in [0.3, 0.4) is 0 Å². The van der Waals surface area contributed by atoms with Crippen molar-refractivity contribution in [1.29, 1.82) is 0 Å². The molecule has 0 fully saturated rings. The van der Waals surface area contributed by atoms with Crippen LogP contribution in [0.1, 0.15) is 86.0 Å². The summed E-state index contributed by atoms with van der Waals surface area (Å²) in [5, 5.41) is 0. The highest BCUT2D eigenvalue weighted by Gasteiger charge is 2.27. The van der Waals surface area contributed by atoms with E-state index in [-0.39, 0.29) is 0 Å². The topological polar surface area (TPSA) is 26.0 Å². The minimum atomic E-state index is 0.348. The van der Waals surface area contributed by atoms with Gasteiger partial charge in [0.15, 0.2) is 0 Å². The van der Waals surface area contributed by atoms with Gasteiger partial charge in [-0.15, -0.1) is 6.58 Å². The van der Waals surface area contributed by atoms with E-state index in [0.717, 1.165) is 18.3 Å². The first-order valence-electron chi connectivity index (χ1n) is 8.83. The Morgan fingerprint density at radius 3 is 2.05 bits per heavy atom. The van der Waals surface area contributed by atoms with E-state index in [4.69, 9.17) is 5.73 Å². The van der Waals surface area contributed by atoms with Gasteiger partial charge in [0, 0.05) is 6.04 Å². The highest BCUT2D eigenvalue weighted by atomic mass is 14.7. The lowest BCUT2D eigenvalue weighted by molar-refractivity contribution is 0.201. The third kappa shape index (κ3) is 8.09. The minimum Gasteiger partial charge on any atom is -0.327 e. The Hall–Kier alpha value is -0.300. The van der Waals surface area contributed by atoms with E-state index in [1.807, 2.05) is 0 Å². The zero-order valence-corrected chi connectivity index (χ0v) is 14.8. The maximum atomic E-state index is 6.55. The maximum absolute atomic E-state index is 6.55. The summed E-state index contributed by atoms with van der Waals surface area (Å²) in [7, 11) is 0. The summed E-state index contributed by atoms with van der Waals surface area (Å²) >= 11 is 0. The molecule has 0 aromatic rings. The highest BCUT2D eigenvalue weighted by molar-refractivity contribution is 4.95. The van der Waals surface area contributed by atoms with Crippen molar-refractivity contribution in [2.24, 2.45) is 23.5 Å². The van der Waals surface area contributed by atoms with Gasteiger partial charge in [0.2, 0.25) is 0 Å². The lowest BCUT2D eigenvalue weighted by atomic mass is 9.74. The zero-order valence-electron chi connectivity index (χ0n) is 14.8. The molecule has 120 valence electrons. The molecule has 20 heavy (non-hydrogen) atoms. The molecule has 0 rings (SSSR count). The van der Waals surface area contributed by atoms with Crippen LogP contribution in [0.2, 0.25) is 0 Å². The van der Waals surface area contributed by atoms with Crippen LogP contribution < -0.4 is 5.73 Å². The molecule has 0 aromatic carbocycles. The van der Waals surface area contributed by atoms with Crippen LogP contribution in [0, 0.1) is 17.8 Å². The van der Waals surface area contributed by atoms with Crippen LogP contribution in [0.15, 0.2) is 12.2 Å². The predicted molar refractivity (Wildman–Crippen MR) is 92.9 cm³/mol. The average Bonchev–Trinajstić information content (AvgIpc) is 2.37. The normalized spacial score (nSPS) is 16.1. The molecule has 0 heterocycles. The van der Waals surface area contributed by atoms with Gasteiger partial charge in [0.05, 0.1) is 0 Å². The van der Waals surface area contributed by atoms with Crippen LogP contribution >= 0.6 is 0 Å². The highest BCUT2D eigenvalue weighted by Crippen LogP contribution is 2.32. The Kier molecular flexibility index (Phi) is 11.2. The molecule has 0 radical (unpaired) electrons. The van der Waals surface area contributed by atoms with Crippen molar-refractivity contribution < 1.29 is 0 Å². The van der Waals surface area contributed by atoms with Crippen molar-refractivity contribution in [3.05, 3.63) is 12.2 Å². The first-order chi connectivity index (χ1) is 9.43. The quantitative estimate of drug-likeness (QED) is 0.348. The number of nitrogens with two attached hydrogens (primary N) is 1. The lowest BCUT2D eigenvalue weighted by Crippen LogP contribution is -2.37. The number of hydrogen-bond acceptors (Lipinski definition) is 1. The lowest BCUT2D eigenvalue weighted by Gasteiger charge is -2.34. The third-order valence-corrected chi connectivity index (χ3v) is 4.65. The van der Waals surface area contributed by atoms with Gasteiger partial charge >= 0.3 is 0 Å². The molecule has 1 nitrogen and oxygen atoms in total. The molecule has 3 unspecified atom stereocenters. The third-order valence-electron chi connectivity index (χ3n) is 4.65. The predicted octanol–water partition coefficient (Wildman–Crippen LogP) is 5.94. The van der Waals surface area contributed by atoms with Crippen molar-refractivity contribution in [2.45, 2.75) is 92.0 Å². The first-order valence-corrected chi connectivity index (χ1v) is 8.83. The molecule has 0 spiro atoms. The van der Waals surface area contributed by atoms with E-state index in [2.05, 4.69) is 41.2 Å². The van der Waals surface area contributed by atoms with Gasteiger partial charge in [-0.2, -0.15) is 0 Å². The maximum Gasteiger partial charge on any atom is 0.00729 e. The van der Waals surface area contributed by atoms with Crippen LogP contribution in [0.4, 0.5) is 0 Å². The van der Waals surface area contributed by atoms with E-state index in [1.54, 1.807) is 0 Å². The fourth-order valence-corrected chi connectivity index (χ4v) is 3.49. The van der Waals surface area contributed by atoms with Crippen LogP contribution in [0.25, 0.3) is 0 Å². The summed E-state index contributed by atoms with van der Waals surface area (Å²) in [5.74, 6) is 2.07. The Balaban J connectivity index is 4.40. The molecule has 0 aliphatic carbocycles. The van der Waals surface area contributed by atoms with Crippen LogP contribution in [-0.2, 0) is 0 Å². The largest absolute Gasteiger partial charge is 0.327 e. The Morgan fingerprint density at radius 1 is 1.00 bits per heavy atom. The molecule has 0 saturated heterocycles. The van der Waals surface area contributed by atoms with Crippen LogP contribution in [-0.4, -0.2) is 6.04 Å². The van der Waals surface area contributed by atoms with Gasteiger partial charge in [0.25, 0.3) is 0 Å². The second kappa shape index (κ2) is 11.4. The van der Waals surface area contributed by atoms with E-state index in [9.17, 15) is 0 Å². The smallest absolute Gasteiger partial charge is 0.00729 e. The Morgan fingerprint density at radius 2 is 1.60 bits per heavy atom. The van der Waals surface area contributed by atoms with Gasteiger partial charge in [-0.3, -0.25) is 0 Å². The molecule has 0 aliphatic heterocycles. The van der Waals surface area contributed by atoms with E-state index in [1.165, 1.54) is 50.5 Å². The standard InChI is InChI=1S/C19H39N/c1-7-9-10-11-12-13-19(20)18(14-15(3)4)17(8-2)16(5)6/h16-19H,3,7-14,20H2,1-2,4-6H3. The van der Waals surface area contributed by atoms with Crippen molar-refractivity contribution in [3.63, 3.8) is 0 Å². The number of hydrogen-bond donors (Lipinski definition) is 1. The van der Waals surface area contributed by atoms with E-state index in [0.29, 0.717) is 12.0 Å². The zero-order chi connectivity index (χ0) is 15.5. The molecule has 1 heteroatoms. The average molecular weight is 282 g/mol. The molecular formula is C19H39N. The molecule has 3 atom stereocenters. The fourth-order valence-electron chi connectivity index (χ4n) is 3.49. The molecular weight excluding hydrogens is 242 g/mol. The summed E-state index contributed by atoms with van der Waals surface area (Å²) in [5.41, 5.74) is 7.84. The molecule has 0 bridgehead atoms. The van der Waals surface area contributed by atoms with Crippen molar-refractivity contribution in [1.82, 2.24) is 0 Å². The monoisotopic (exact) mass is 281 g/mol. The number of unbranched alkanes of at least 4 members (excludes halogenated alkanes) is 4. The van der Waals surface area contributed by atoms with E-state index < -0.39 is 0 Å². The summed E-state index contributed by atoms with van der Waals surface area (Å²) in [6, 6.07) is 0.348. The Labute approximate surface area is 128 Å².